The lowest BCUT2D eigenvalue weighted by Gasteiger charge is -2.35. The summed E-state index contributed by atoms with van der Waals surface area (Å²) in [5, 5.41) is 9.32. The van der Waals surface area contributed by atoms with Gasteiger partial charge in [-0.25, -0.2) is 4.98 Å². The van der Waals surface area contributed by atoms with Gasteiger partial charge in [-0.15, -0.1) is 0 Å². The molecule has 1 saturated heterocycles. The molecule has 0 spiro atoms. The Kier molecular flexibility index (Phi) is 6.10. The number of para-hydroxylation sites is 1. The van der Waals surface area contributed by atoms with E-state index in [2.05, 4.69) is 4.90 Å². The molecular formula is C20H28N2O3. The van der Waals surface area contributed by atoms with E-state index in [1.165, 1.54) is 12.8 Å². The second kappa shape index (κ2) is 8.50. The summed E-state index contributed by atoms with van der Waals surface area (Å²) in [6.07, 6.45) is 4.43. The second-order valence-electron chi connectivity index (χ2n) is 6.58. The van der Waals surface area contributed by atoms with Crippen LogP contribution in [0.4, 0.5) is 0 Å². The summed E-state index contributed by atoms with van der Waals surface area (Å²) in [6.45, 7) is 6.63. The van der Waals surface area contributed by atoms with Gasteiger partial charge in [-0.1, -0.05) is 18.6 Å². The van der Waals surface area contributed by atoms with Gasteiger partial charge in [0.05, 0.1) is 17.9 Å². The van der Waals surface area contributed by atoms with E-state index in [4.69, 9.17) is 14.1 Å². The molecule has 1 aromatic carbocycles. The lowest BCUT2D eigenvalue weighted by Crippen LogP contribution is -2.39. The summed E-state index contributed by atoms with van der Waals surface area (Å²) in [5.41, 5.74) is 1.87. The van der Waals surface area contributed by atoms with E-state index in [1.54, 1.807) is 0 Å². The van der Waals surface area contributed by atoms with Gasteiger partial charge >= 0.3 is 0 Å². The van der Waals surface area contributed by atoms with Crippen LogP contribution >= 0.6 is 0 Å². The first-order valence-electron chi connectivity index (χ1n) is 9.26. The number of piperidine rings is 1. The van der Waals surface area contributed by atoms with Crippen LogP contribution in [-0.2, 0) is 6.54 Å². The largest absolute Gasteiger partial charge is 0.493 e. The maximum atomic E-state index is 9.32. The van der Waals surface area contributed by atoms with Crippen LogP contribution < -0.4 is 4.74 Å². The Morgan fingerprint density at radius 1 is 1.32 bits per heavy atom. The molecule has 5 nitrogen and oxygen atoms in total. The van der Waals surface area contributed by atoms with Gasteiger partial charge in [0.1, 0.15) is 11.5 Å². The number of benzene rings is 1. The highest BCUT2D eigenvalue weighted by molar-refractivity contribution is 5.63. The van der Waals surface area contributed by atoms with Gasteiger partial charge in [-0.3, -0.25) is 4.90 Å². The molecule has 1 aliphatic rings. The normalized spacial score (nSPS) is 18.4. The first-order chi connectivity index (χ1) is 12.2. The number of hydrogen-bond acceptors (Lipinski definition) is 5. The van der Waals surface area contributed by atoms with Crippen molar-refractivity contribution in [3.8, 4) is 17.2 Å². The Morgan fingerprint density at radius 3 is 2.96 bits per heavy atom. The molecule has 0 amide bonds. The van der Waals surface area contributed by atoms with Crippen molar-refractivity contribution in [3.63, 3.8) is 0 Å². The van der Waals surface area contributed by atoms with E-state index >= 15 is 0 Å². The van der Waals surface area contributed by atoms with E-state index < -0.39 is 0 Å². The zero-order chi connectivity index (χ0) is 17.6. The molecule has 0 radical (unpaired) electrons. The van der Waals surface area contributed by atoms with Gasteiger partial charge in [0.2, 0.25) is 5.89 Å². The predicted molar refractivity (Wildman–Crippen MR) is 97.6 cm³/mol. The van der Waals surface area contributed by atoms with Crippen LogP contribution in [0, 0.1) is 6.92 Å². The molecule has 1 N–H and O–H groups in total. The molecule has 0 saturated carbocycles. The maximum absolute atomic E-state index is 9.32. The molecule has 0 aliphatic carbocycles. The van der Waals surface area contributed by atoms with E-state index in [-0.39, 0.29) is 6.61 Å². The predicted octanol–water partition coefficient (Wildman–Crippen LogP) is 3.79. The molecule has 0 bridgehead atoms. The number of aliphatic hydroxyl groups excluding tert-OH is 1. The monoisotopic (exact) mass is 344 g/mol. The fraction of sp³-hybridized carbons (Fsp3) is 0.550. The molecular weight excluding hydrogens is 316 g/mol. The molecule has 0 unspecified atom stereocenters. The van der Waals surface area contributed by atoms with E-state index in [0.29, 0.717) is 18.5 Å². The first kappa shape index (κ1) is 18.0. The highest BCUT2D eigenvalue weighted by Gasteiger charge is 2.24. The molecule has 1 fully saturated rings. The third-order valence-corrected chi connectivity index (χ3v) is 4.87. The molecule has 1 atom stereocenters. The number of oxazole rings is 1. The number of nitrogens with zero attached hydrogens (tertiary/aromatic N) is 2. The Hall–Kier alpha value is -1.85. The smallest absolute Gasteiger partial charge is 0.230 e. The van der Waals surface area contributed by atoms with Gasteiger partial charge < -0.3 is 14.3 Å². The quantitative estimate of drug-likeness (QED) is 0.828. The van der Waals surface area contributed by atoms with Crippen LogP contribution in [0.2, 0.25) is 0 Å². The van der Waals surface area contributed by atoms with Crippen molar-refractivity contribution >= 4 is 0 Å². The van der Waals surface area contributed by atoms with Crippen molar-refractivity contribution in [2.75, 3.05) is 19.8 Å². The second-order valence-corrected chi connectivity index (χ2v) is 6.58. The minimum atomic E-state index is 0.242. The number of rotatable bonds is 7. The van der Waals surface area contributed by atoms with Crippen LogP contribution in [0.25, 0.3) is 11.5 Å². The highest BCUT2D eigenvalue weighted by atomic mass is 16.5. The third kappa shape index (κ3) is 4.22. The summed E-state index contributed by atoms with van der Waals surface area (Å²) < 4.78 is 11.7. The summed E-state index contributed by atoms with van der Waals surface area (Å²) in [5.74, 6) is 2.27. The van der Waals surface area contributed by atoms with Crippen molar-refractivity contribution in [1.29, 1.82) is 0 Å². The number of ether oxygens (including phenoxy) is 1. The minimum absolute atomic E-state index is 0.242. The van der Waals surface area contributed by atoms with E-state index in [1.807, 2.05) is 38.1 Å². The summed E-state index contributed by atoms with van der Waals surface area (Å²) in [4.78, 5) is 7.19. The van der Waals surface area contributed by atoms with Gasteiger partial charge in [-0.2, -0.15) is 0 Å². The molecule has 2 heterocycles. The van der Waals surface area contributed by atoms with Crippen LogP contribution in [0.15, 0.2) is 28.7 Å². The Bertz CT molecular complexity index is 681. The highest BCUT2D eigenvalue weighted by Crippen LogP contribution is 2.31. The van der Waals surface area contributed by atoms with Gasteiger partial charge in [0.15, 0.2) is 0 Å². The number of aryl methyl sites for hydroxylation is 1. The van der Waals surface area contributed by atoms with Gasteiger partial charge in [-0.05, 0) is 51.8 Å². The standard InChI is InChI=1S/C20H28N2O3/c1-3-24-19-10-5-4-9-17(19)20-21-18(15(2)25-20)14-22-12-7-6-8-16(22)11-13-23/h4-5,9-10,16,23H,3,6-8,11-14H2,1-2H3/t16-/m1/s1. The van der Waals surface area contributed by atoms with E-state index in [9.17, 15) is 5.11 Å². The molecule has 5 heteroatoms. The van der Waals surface area contributed by atoms with Crippen molar-refractivity contribution < 1.29 is 14.3 Å². The van der Waals surface area contributed by atoms with Crippen molar-refractivity contribution in [1.82, 2.24) is 9.88 Å². The fourth-order valence-corrected chi connectivity index (χ4v) is 3.55. The molecule has 2 aromatic rings. The summed E-state index contributed by atoms with van der Waals surface area (Å²) in [7, 11) is 0. The molecule has 1 aromatic heterocycles. The zero-order valence-corrected chi connectivity index (χ0v) is 15.2. The zero-order valence-electron chi connectivity index (χ0n) is 15.2. The van der Waals surface area contributed by atoms with Crippen LogP contribution in [0.1, 0.15) is 44.1 Å². The van der Waals surface area contributed by atoms with Crippen LogP contribution in [0.5, 0.6) is 5.75 Å². The molecule has 25 heavy (non-hydrogen) atoms. The first-order valence-corrected chi connectivity index (χ1v) is 9.26. The van der Waals surface area contributed by atoms with Crippen LogP contribution in [-0.4, -0.2) is 40.8 Å². The van der Waals surface area contributed by atoms with Crippen molar-refractivity contribution in [2.45, 2.75) is 52.1 Å². The maximum Gasteiger partial charge on any atom is 0.230 e. The third-order valence-electron chi connectivity index (χ3n) is 4.87. The average molecular weight is 344 g/mol. The lowest BCUT2D eigenvalue weighted by molar-refractivity contribution is 0.111. The number of aliphatic hydroxyl groups is 1. The Labute approximate surface area is 149 Å². The Morgan fingerprint density at radius 2 is 2.16 bits per heavy atom. The van der Waals surface area contributed by atoms with E-state index in [0.717, 1.165) is 48.7 Å². The topological polar surface area (TPSA) is 58.7 Å². The Balaban J connectivity index is 1.81. The summed E-state index contributed by atoms with van der Waals surface area (Å²) in [6, 6.07) is 8.29. The SMILES string of the molecule is CCOc1ccccc1-c1nc(CN2CCCC[C@@H]2CCO)c(C)o1. The number of aromatic nitrogens is 1. The van der Waals surface area contributed by atoms with Crippen molar-refractivity contribution in [2.24, 2.45) is 0 Å². The molecule has 136 valence electrons. The van der Waals surface area contributed by atoms with Crippen molar-refractivity contribution in [3.05, 3.63) is 35.7 Å². The van der Waals surface area contributed by atoms with Gasteiger partial charge in [0.25, 0.3) is 0 Å². The lowest BCUT2D eigenvalue weighted by atomic mass is 9.99. The van der Waals surface area contributed by atoms with Crippen LogP contribution in [0.3, 0.4) is 0 Å². The molecule has 3 rings (SSSR count). The summed E-state index contributed by atoms with van der Waals surface area (Å²) >= 11 is 0. The molecule has 1 aliphatic heterocycles. The minimum Gasteiger partial charge on any atom is -0.493 e. The van der Waals surface area contributed by atoms with Gasteiger partial charge in [0, 0.05) is 19.2 Å². The fourth-order valence-electron chi connectivity index (χ4n) is 3.55. The number of likely N-dealkylation sites (tertiary alicyclic amines) is 1. The average Bonchev–Trinajstić information content (AvgIpc) is 2.98. The number of hydrogen-bond donors (Lipinski definition) is 1.